The molecule has 5 aromatic rings. The van der Waals surface area contributed by atoms with E-state index >= 15 is 0 Å². The molecule has 5 rings (SSSR count). The first-order valence-electron chi connectivity index (χ1n) is 17.3. The number of ketones is 2. The molecule has 0 aromatic heterocycles. The summed E-state index contributed by atoms with van der Waals surface area (Å²) in [6, 6.07) is 16.2. The van der Waals surface area contributed by atoms with Crippen LogP contribution in [0.25, 0.3) is 0 Å². The van der Waals surface area contributed by atoms with E-state index in [4.69, 9.17) is 92.8 Å². The molecule has 14 nitrogen and oxygen atoms in total. The Morgan fingerprint density at radius 1 is 0.435 bits per heavy atom. The van der Waals surface area contributed by atoms with Gasteiger partial charge in [0.2, 0.25) is 12.1 Å². The lowest BCUT2D eigenvalue weighted by Gasteiger charge is -2.15. The van der Waals surface area contributed by atoms with Gasteiger partial charge in [0.1, 0.15) is 0 Å². The van der Waals surface area contributed by atoms with Gasteiger partial charge in [0, 0.05) is 38.2 Å². The molecule has 0 radical (unpaired) electrons. The molecule has 0 fully saturated rings. The van der Waals surface area contributed by atoms with Crippen molar-refractivity contribution in [2.24, 2.45) is 20.5 Å². The maximum absolute atomic E-state index is 13.3. The monoisotopic (exact) mass is 994 g/mol. The second-order valence-electron chi connectivity index (χ2n) is 12.8. The van der Waals surface area contributed by atoms with Crippen LogP contribution in [0.3, 0.4) is 0 Å². The topological polar surface area (TPSA) is 200 Å². The number of hydrogen-bond donors (Lipinski definition) is 4. The molecule has 0 spiro atoms. The van der Waals surface area contributed by atoms with Crippen LogP contribution in [0.15, 0.2) is 105 Å². The first-order chi connectivity index (χ1) is 29.3. The van der Waals surface area contributed by atoms with Gasteiger partial charge in [0.15, 0.2) is 11.6 Å². The summed E-state index contributed by atoms with van der Waals surface area (Å²) in [7, 11) is 0. The second-order valence-corrected chi connectivity index (χ2v) is 16.1. The molecule has 0 heterocycles. The number of benzene rings is 5. The molecule has 318 valence electrons. The Bertz CT molecular complexity index is 2690. The highest BCUT2D eigenvalue weighted by molar-refractivity contribution is 6.43. The zero-order valence-corrected chi connectivity index (χ0v) is 37.5. The minimum atomic E-state index is -1.71. The molecule has 0 saturated heterocycles. The number of anilines is 4. The molecule has 62 heavy (non-hydrogen) atoms. The van der Waals surface area contributed by atoms with Crippen LogP contribution in [-0.2, 0) is 19.2 Å². The first-order valence-corrected chi connectivity index (χ1v) is 20.4. The van der Waals surface area contributed by atoms with Gasteiger partial charge in [-0.15, -0.1) is 0 Å². The van der Waals surface area contributed by atoms with E-state index in [1.807, 2.05) is 0 Å². The minimum absolute atomic E-state index is 0.00349. The zero-order valence-electron chi connectivity index (χ0n) is 31.5. The number of hydrogen-bond acceptors (Lipinski definition) is 10. The van der Waals surface area contributed by atoms with E-state index < -0.39 is 47.3 Å². The molecule has 0 saturated carbocycles. The van der Waals surface area contributed by atoms with Gasteiger partial charge in [-0.2, -0.15) is 20.5 Å². The number of nitrogens with zero attached hydrogens (tertiary/aromatic N) is 4. The van der Waals surface area contributed by atoms with E-state index in [1.165, 1.54) is 72.8 Å². The van der Waals surface area contributed by atoms with Gasteiger partial charge in [-0.3, -0.25) is 28.8 Å². The number of amides is 4. The molecule has 0 bridgehead atoms. The third kappa shape index (κ3) is 12.9. The molecule has 2 atom stereocenters. The van der Waals surface area contributed by atoms with Crippen molar-refractivity contribution in [1.82, 2.24) is 0 Å². The van der Waals surface area contributed by atoms with Crippen molar-refractivity contribution >= 4 is 162 Å². The largest absolute Gasteiger partial charge is 0.324 e. The van der Waals surface area contributed by atoms with Gasteiger partial charge >= 0.3 is 0 Å². The van der Waals surface area contributed by atoms with Crippen LogP contribution < -0.4 is 21.3 Å². The molecule has 0 aliphatic carbocycles. The number of Topliss-reactive ketones (excluding diaryl/α,β-unsaturated/α-hetero) is 2. The van der Waals surface area contributed by atoms with Crippen LogP contribution in [0.2, 0.25) is 40.2 Å². The minimum Gasteiger partial charge on any atom is -0.324 e. The van der Waals surface area contributed by atoms with Crippen LogP contribution >= 0.6 is 92.8 Å². The average molecular weight is 998 g/mol. The van der Waals surface area contributed by atoms with Crippen LogP contribution in [-0.4, -0.2) is 47.3 Å². The van der Waals surface area contributed by atoms with E-state index in [0.29, 0.717) is 21.4 Å². The maximum atomic E-state index is 13.3. The smallest absolute Gasteiger partial charge is 0.258 e. The Balaban J connectivity index is 1.26. The second kappa shape index (κ2) is 21.3. The normalized spacial score (nSPS) is 12.2. The highest BCUT2D eigenvalue weighted by atomic mass is 35.5. The standard InChI is InChI=1S/C40H26Cl8N8O6/c1-17(57)34(55-53-26-9-19(7-21(41)11-26)37(59)49-23-3-5-28(43)30(45)13-23)39(61)51-25-15-32(47)36(33(48)16-25)52-40(62)35(18(2)58)56-54-27-10-20(8-22(42)12-27)38(60)50-24-4-6-29(44)31(46)14-24/h3-16,34-35H,1-2H3,(H,49,59)(H,50,60)(H,51,61)(H,52,62). The summed E-state index contributed by atoms with van der Waals surface area (Å²) < 4.78 is 0. The lowest BCUT2D eigenvalue weighted by atomic mass is 10.1. The highest BCUT2D eigenvalue weighted by Gasteiger charge is 2.27. The number of rotatable bonds is 14. The van der Waals surface area contributed by atoms with Crippen molar-refractivity contribution in [3.8, 4) is 0 Å². The summed E-state index contributed by atoms with van der Waals surface area (Å²) in [6.45, 7) is 2.21. The molecule has 4 amide bonds. The van der Waals surface area contributed by atoms with Crippen molar-refractivity contribution in [2.75, 3.05) is 21.3 Å². The maximum Gasteiger partial charge on any atom is 0.258 e. The molecule has 5 aromatic carbocycles. The summed E-state index contributed by atoms with van der Waals surface area (Å²) in [6.07, 6.45) is 0. The summed E-state index contributed by atoms with van der Waals surface area (Å²) in [5.41, 5.74) is 0.796. The van der Waals surface area contributed by atoms with Gasteiger partial charge < -0.3 is 21.3 Å². The average Bonchev–Trinajstić information content (AvgIpc) is 3.18. The molecule has 0 aliphatic rings. The predicted molar refractivity (Wildman–Crippen MR) is 243 cm³/mol. The van der Waals surface area contributed by atoms with Crippen molar-refractivity contribution in [1.29, 1.82) is 0 Å². The summed E-state index contributed by atoms with van der Waals surface area (Å²) in [5.74, 6) is -4.48. The Morgan fingerprint density at radius 2 is 0.823 bits per heavy atom. The molecular formula is C40H26Cl8N8O6. The fourth-order valence-corrected chi connectivity index (χ4v) is 6.77. The fraction of sp³-hybridized carbons (Fsp3) is 0.100. The van der Waals surface area contributed by atoms with E-state index in [-0.39, 0.29) is 64.0 Å². The molecular weight excluding hydrogens is 972 g/mol. The third-order valence-corrected chi connectivity index (χ3v) is 10.6. The van der Waals surface area contributed by atoms with Gasteiger partial charge in [-0.1, -0.05) is 92.8 Å². The van der Waals surface area contributed by atoms with Gasteiger partial charge in [-0.25, -0.2) is 0 Å². The summed E-state index contributed by atoms with van der Waals surface area (Å²) in [4.78, 5) is 77.5. The lowest BCUT2D eigenvalue weighted by Crippen LogP contribution is -2.32. The van der Waals surface area contributed by atoms with Gasteiger partial charge in [0.05, 0.1) is 47.2 Å². The predicted octanol–water partition coefficient (Wildman–Crippen LogP) is 12.8. The number of azo groups is 2. The van der Waals surface area contributed by atoms with Gasteiger partial charge in [-0.05, 0) is 98.8 Å². The van der Waals surface area contributed by atoms with E-state index in [1.54, 1.807) is 12.1 Å². The molecule has 22 heteroatoms. The zero-order chi connectivity index (χ0) is 45.4. The number of carbonyl (C=O) groups excluding carboxylic acids is 6. The summed E-state index contributed by atoms with van der Waals surface area (Å²) in [5, 5.41) is 26.8. The molecule has 2 unspecified atom stereocenters. The van der Waals surface area contributed by atoms with E-state index in [9.17, 15) is 28.8 Å². The van der Waals surface area contributed by atoms with Gasteiger partial charge in [0.25, 0.3) is 23.6 Å². The third-order valence-electron chi connectivity index (χ3n) is 8.05. The van der Waals surface area contributed by atoms with Crippen LogP contribution in [0.4, 0.5) is 34.1 Å². The van der Waals surface area contributed by atoms with Crippen molar-refractivity contribution in [3.63, 3.8) is 0 Å². The first kappa shape index (κ1) is 47.9. The Labute approximate surface area is 392 Å². The fourth-order valence-electron chi connectivity index (χ4n) is 5.13. The lowest BCUT2D eigenvalue weighted by molar-refractivity contribution is -0.127. The molecule has 0 aliphatic heterocycles. The van der Waals surface area contributed by atoms with Crippen molar-refractivity contribution in [3.05, 3.63) is 136 Å². The number of halogens is 8. The summed E-state index contributed by atoms with van der Waals surface area (Å²) >= 11 is 49.3. The molecule has 4 N–H and O–H groups in total. The van der Waals surface area contributed by atoms with Crippen molar-refractivity contribution < 1.29 is 28.8 Å². The number of nitrogens with one attached hydrogen (secondary N) is 4. The SMILES string of the molecule is CC(=O)C(N=Nc1cc(Cl)cc(C(=O)Nc2ccc(Cl)c(Cl)c2)c1)C(=O)Nc1cc(Cl)c(NC(=O)C(N=Nc2cc(Cl)cc(C(=O)Nc3ccc(Cl)c(Cl)c3)c2)C(C)=O)c(Cl)c1. The number of carbonyl (C=O) groups is 6. The Hall–Kier alpha value is -5.16. The van der Waals surface area contributed by atoms with Crippen molar-refractivity contribution in [2.45, 2.75) is 25.9 Å². The quantitative estimate of drug-likeness (QED) is 0.0630. The van der Waals surface area contributed by atoms with E-state index in [2.05, 4.69) is 41.7 Å². The van der Waals surface area contributed by atoms with Crippen LogP contribution in [0.1, 0.15) is 34.6 Å². The van der Waals surface area contributed by atoms with E-state index in [0.717, 1.165) is 13.8 Å². The Morgan fingerprint density at radius 3 is 1.21 bits per heavy atom. The van der Waals surface area contributed by atoms with Crippen LogP contribution in [0.5, 0.6) is 0 Å². The van der Waals surface area contributed by atoms with Crippen LogP contribution in [0, 0.1) is 0 Å². The Kier molecular flexibility index (Phi) is 16.4. The highest BCUT2D eigenvalue weighted by Crippen LogP contribution is 2.35.